The standard InChI is InChI=1S/C34H44O6/c1-6-7-8-27-17-19-34(20-18-27,28-9-13-30(14-10-28)37-21-23-39-32(35)25(2)3)29-11-15-31(16-12-29)38-22-24-40-33(36)26(4)5/h9-16,27H,2,4,6-8,17-24H2,1,3,5H3. The predicted octanol–water partition coefficient (Wildman–Crippen LogP) is 7.35. The molecule has 6 heteroatoms. The minimum atomic E-state index is -0.405. The van der Waals surface area contributed by atoms with Crippen molar-refractivity contribution < 1.29 is 28.5 Å². The van der Waals surface area contributed by atoms with Crippen LogP contribution in [0.3, 0.4) is 0 Å². The molecule has 2 aromatic carbocycles. The Bertz CT molecular complexity index is 1040. The molecule has 1 fully saturated rings. The van der Waals surface area contributed by atoms with E-state index in [1.54, 1.807) is 13.8 Å². The molecule has 2 aromatic rings. The second kappa shape index (κ2) is 15.3. The van der Waals surface area contributed by atoms with Gasteiger partial charge in [0, 0.05) is 16.6 Å². The van der Waals surface area contributed by atoms with Crippen LogP contribution in [-0.4, -0.2) is 38.4 Å². The van der Waals surface area contributed by atoms with Gasteiger partial charge in [-0.15, -0.1) is 0 Å². The third-order valence-corrected chi connectivity index (χ3v) is 7.61. The summed E-state index contributed by atoms with van der Waals surface area (Å²) in [7, 11) is 0. The summed E-state index contributed by atoms with van der Waals surface area (Å²) in [5.41, 5.74) is 3.24. The van der Waals surface area contributed by atoms with Gasteiger partial charge in [-0.25, -0.2) is 9.59 Å². The van der Waals surface area contributed by atoms with E-state index in [1.807, 2.05) is 24.3 Å². The van der Waals surface area contributed by atoms with Gasteiger partial charge in [0.15, 0.2) is 0 Å². The molecule has 0 amide bonds. The van der Waals surface area contributed by atoms with Crippen LogP contribution in [-0.2, 0) is 24.5 Å². The monoisotopic (exact) mass is 548 g/mol. The lowest BCUT2D eigenvalue weighted by Crippen LogP contribution is -2.33. The van der Waals surface area contributed by atoms with Gasteiger partial charge in [0.25, 0.3) is 0 Å². The van der Waals surface area contributed by atoms with Crippen molar-refractivity contribution in [3.05, 3.63) is 84.0 Å². The summed E-state index contributed by atoms with van der Waals surface area (Å²) in [6.45, 7) is 13.6. The van der Waals surface area contributed by atoms with Crippen molar-refractivity contribution in [2.24, 2.45) is 5.92 Å². The lowest BCUT2D eigenvalue weighted by molar-refractivity contribution is -0.140. The number of ether oxygens (including phenoxy) is 4. The molecule has 0 aliphatic heterocycles. The van der Waals surface area contributed by atoms with Gasteiger partial charge in [0.05, 0.1) is 0 Å². The number of benzene rings is 2. The fraction of sp³-hybridized carbons (Fsp3) is 0.471. The Morgan fingerprint density at radius 1 is 0.750 bits per heavy atom. The van der Waals surface area contributed by atoms with Crippen LogP contribution in [0.4, 0.5) is 0 Å². The summed E-state index contributed by atoms with van der Waals surface area (Å²) in [6.07, 6.45) is 8.43. The predicted molar refractivity (Wildman–Crippen MR) is 158 cm³/mol. The fourth-order valence-corrected chi connectivity index (χ4v) is 5.27. The van der Waals surface area contributed by atoms with E-state index in [0.717, 1.165) is 30.3 Å². The van der Waals surface area contributed by atoms with Crippen molar-refractivity contribution in [2.45, 2.75) is 71.1 Å². The van der Waals surface area contributed by atoms with E-state index in [1.165, 1.54) is 43.2 Å². The maximum absolute atomic E-state index is 11.6. The summed E-state index contributed by atoms with van der Waals surface area (Å²) in [5.74, 6) is 1.47. The van der Waals surface area contributed by atoms with Crippen molar-refractivity contribution in [1.82, 2.24) is 0 Å². The van der Waals surface area contributed by atoms with Crippen LogP contribution in [0.1, 0.15) is 76.8 Å². The Hall–Kier alpha value is -3.54. The van der Waals surface area contributed by atoms with E-state index in [0.29, 0.717) is 11.1 Å². The van der Waals surface area contributed by atoms with Gasteiger partial charge in [0.1, 0.15) is 37.9 Å². The molecular formula is C34H44O6. The Balaban J connectivity index is 1.68. The van der Waals surface area contributed by atoms with Gasteiger partial charge < -0.3 is 18.9 Å². The molecule has 40 heavy (non-hydrogen) atoms. The van der Waals surface area contributed by atoms with Crippen LogP contribution in [0.5, 0.6) is 11.5 Å². The molecular weight excluding hydrogens is 504 g/mol. The molecule has 0 unspecified atom stereocenters. The molecule has 0 radical (unpaired) electrons. The van der Waals surface area contributed by atoms with Crippen LogP contribution in [0.15, 0.2) is 72.8 Å². The zero-order chi connectivity index (χ0) is 29.0. The largest absolute Gasteiger partial charge is 0.490 e. The number of hydrogen-bond acceptors (Lipinski definition) is 6. The number of rotatable bonds is 15. The van der Waals surface area contributed by atoms with Gasteiger partial charge in [-0.3, -0.25) is 0 Å². The minimum Gasteiger partial charge on any atom is -0.490 e. The molecule has 0 aromatic heterocycles. The highest BCUT2D eigenvalue weighted by molar-refractivity contribution is 5.87. The maximum atomic E-state index is 11.6. The Morgan fingerprint density at radius 3 is 1.55 bits per heavy atom. The molecule has 3 rings (SSSR count). The molecule has 0 heterocycles. The summed E-state index contributed by atoms with van der Waals surface area (Å²) >= 11 is 0. The fourth-order valence-electron chi connectivity index (χ4n) is 5.27. The first-order chi connectivity index (χ1) is 19.2. The SMILES string of the molecule is C=C(C)C(=O)OCCOc1ccc(C2(c3ccc(OCCOC(=O)C(=C)C)cc3)CCC(CCCC)CC2)cc1. The summed E-state index contributed by atoms with van der Waals surface area (Å²) < 4.78 is 21.9. The van der Waals surface area contributed by atoms with Gasteiger partial charge >= 0.3 is 11.9 Å². The summed E-state index contributed by atoms with van der Waals surface area (Å²) in [5, 5.41) is 0. The highest BCUT2D eigenvalue weighted by Crippen LogP contribution is 2.48. The van der Waals surface area contributed by atoms with E-state index in [9.17, 15) is 9.59 Å². The topological polar surface area (TPSA) is 71.1 Å². The van der Waals surface area contributed by atoms with Crippen molar-refractivity contribution in [3.8, 4) is 11.5 Å². The zero-order valence-corrected chi connectivity index (χ0v) is 24.3. The summed E-state index contributed by atoms with van der Waals surface area (Å²) in [6, 6.07) is 16.7. The third-order valence-electron chi connectivity index (χ3n) is 7.61. The molecule has 6 nitrogen and oxygen atoms in total. The molecule has 0 atom stereocenters. The molecule has 0 saturated heterocycles. The molecule has 1 aliphatic rings. The number of carbonyl (C=O) groups excluding carboxylic acids is 2. The summed E-state index contributed by atoms with van der Waals surface area (Å²) in [4.78, 5) is 23.1. The quantitative estimate of drug-likeness (QED) is 0.132. The van der Waals surface area contributed by atoms with Crippen LogP contribution in [0.2, 0.25) is 0 Å². The first-order valence-corrected chi connectivity index (χ1v) is 14.4. The lowest BCUT2D eigenvalue weighted by atomic mass is 9.62. The van der Waals surface area contributed by atoms with E-state index in [2.05, 4.69) is 44.3 Å². The van der Waals surface area contributed by atoms with E-state index in [-0.39, 0.29) is 31.8 Å². The highest BCUT2D eigenvalue weighted by atomic mass is 16.6. The molecule has 0 N–H and O–H groups in total. The van der Waals surface area contributed by atoms with Crippen molar-refractivity contribution in [1.29, 1.82) is 0 Å². The van der Waals surface area contributed by atoms with Gasteiger partial charge in [-0.05, 0) is 80.8 Å². The van der Waals surface area contributed by atoms with Crippen LogP contribution >= 0.6 is 0 Å². The van der Waals surface area contributed by atoms with Gasteiger partial charge in [0.2, 0.25) is 0 Å². The van der Waals surface area contributed by atoms with Crippen LogP contribution in [0, 0.1) is 5.92 Å². The number of carbonyl (C=O) groups is 2. The average molecular weight is 549 g/mol. The molecule has 1 aliphatic carbocycles. The normalized spacial score (nSPS) is 14.7. The van der Waals surface area contributed by atoms with E-state index < -0.39 is 11.9 Å². The Morgan fingerprint density at radius 2 is 1.18 bits per heavy atom. The first-order valence-electron chi connectivity index (χ1n) is 14.4. The Labute approximate surface area is 239 Å². The molecule has 1 saturated carbocycles. The number of unbranched alkanes of at least 4 members (excludes halogenated alkanes) is 1. The second-order valence-corrected chi connectivity index (χ2v) is 10.7. The van der Waals surface area contributed by atoms with E-state index >= 15 is 0 Å². The smallest absolute Gasteiger partial charge is 0.333 e. The molecule has 0 spiro atoms. The van der Waals surface area contributed by atoms with Crippen molar-refractivity contribution in [2.75, 3.05) is 26.4 Å². The molecule has 0 bridgehead atoms. The lowest BCUT2D eigenvalue weighted by Gasteiger charge is -2.41. The third kappa shape index (κ3) is 8.73. The van der Waals surface area contributed by atoms with E-state index in [4.69, 9.17) is 18.9 Å². The number of hydrogen-bond donors (Lipinski definition) is 0. The minimum absolute atomic E-state index is 0.0756. The maximum Gasteiger partial charge on any atom is 0.333 e. The molecule has 216 valence electrons. The van der Waals surface area contributed by atoms with Gasteiger partial charge in [-0.1, -0.05) is 63.6 Å². The van der Waals surface area contributed by atoms with Crippen molar-refractivity contribution in [3.63, 3.8) is 0 Å². The second-order valence-electron chi connectivity index (χ2n) is 10.7. The zero-order valence-electron chi connectivity index (χ0n) is 24.3. The number of esters is 2. The van der Waals surface area contributed by atoms with Crippen LogP contribution < -0.4 is 9.47 Å². The highest BCUT2D eigenvalue weighted by Gasteiger charge is 2.38. The van der Waals surface area contributed by atoms with Gasteiger partial charge in [-0.2, -0.15) is 0 Å². The Kier molecular flexibility index (Phi) is 11.9. The average Bonchev–Trinajstić information content (AvgIpc) is 2.97. The first kappa shape index (κ1) is 31.0. The van der Waals surface area contributed by atoms with Crippen LogP contribution in [0.25, 0.3) is 0 Å². The van der Waals surface area contributed by atoms with Crippen molar-refractivity contribution >= 4 is 11.9 Å².